The molecule has 3 heterocycles. The summed E-state index contributed by atoms with van der Waals surface area (Å²) in [6, 6.07) is 63.8. The number of para-hydroxylation sites is 2. The molecule has 7 aromatic carbocycles. The Hall–Kier alpha value is -7.63. The summed E-state index contributed by atoms with van der Waals surface area (Å²) >= 11 is 0. The molecule has 0 N–H and O–H groups in total. The number of aromatic nitrogens is 4. The van der Waals surface area contributed by atoms with Crippen molar-refractivity contribution in [1.29, 1.82) is 0 Å². The van der Waals surface area contributed by atoms with Gasteiger partial charge in [0.2, 0.25) is 0 Å². The molecule has 0 aliphatic carbocycles. The van der Waals surface area contributed by atoms with Crippen LogP contribution in [0.5, 0.6) is 0 Å². The molecule has 0 saturated heterocycles. The van der Waals surface area contributed by atoms with Crippen molar-refractivity contribution in [2.24, 2.45) is 4.99 Å². The third-order valence-corrected chi connectivity index (χ3v) is 10.7. The molecule has 0 atom stereocenters. The second-order valence-electron chi connectivity index (χ2n) is 14.1. The highest BCUT2D eigenvalue weighted by Gasteiger charge is 2.21. The molecule has 0 aliphatic heterocycles. The molecule has 0 radical (unpaired) electrons. The maximum absolute atomic E-state index is 5.14. The van der Waals surface area contributed by atoms with Gasteiger partial charge in [0.25, 0.3) is 0 Å². The van der Waals surface area contributed by atoms with Gasteiger partial charge in [-0.05, 0) is 85.4 Å². The average molecular weight is 732 g/mol. The monoisotopic (exact) mass is 731 g/mol. The number of benzene rings is 7. The van der Waals surface area contributed by atoms with Crippen LogP contribution in [-0.2, 0) is 0 Å². The first-order valence-corrected chi connectivity index (χ1v) is 19.2. The molecule has 270 valence electrons. The van der Waals surface area contributed by atoms with Gasteiger partial charge in [-0.25, -0.2) is 9.97 Å². The Morgan fingerprint density at radius 2 is 1.12 bits per heavy atom. The number of fused-ring (bicyclic) bond motifs is 4. The minimum absolute atomic E-state index is 0.684. The molecule has 5 nitrogen and oxygen atoms in total. The van der Waals surface area contributed by atoms with Crippen molar-refractivity contribution in [2.75, 3.05) is 0 Å². The van der Waals surface area contributed by atoms with Gasteiger partial charge in [0.15, 0.2) is 5.82 Å². The zero-order valence-electron chi connectivity index (χ0n) is 31.4. The third kappa shape index (κ3) is 5.85. The van der Waals surface area contributed by atoms with E-state index >= 15 is 0 Å². The first-order valence-electron chi connectivity index (χ1n) is 19.2. The SMILES string of the molecule is C=Nc1c(/C=C\C)n(-c2cccc(-c3cc(-c4ccccc4)nc(-c4ccccc4)n3)c2)c2cc(-c3cccc4c3c3ccccc3n4-c3ccccc3)ccc12. The largest absolute Gasteiger partial charge is 0.309 e. The molecule has 10 aromatic rings. The highest BCUT2D eigenvalue weighted by molar-refractivity contribution is 6.16. The standard InChI is InChI=1S/C52H37N5/c1-3-17-48-51(53-2)43-31-30-37(41-27-16-29-47-50(41)42-26-13-14-28-46(42)56(47)39-23-11-6-12-24-39)33-49(43)57(48)40-25-15-22-38(32-40)45-34-44(35-18-7-4-8-19-35)54-52(55-45)36-20-9-5-10-21-36/h3-34H,2H2,1H3/b17-3-. The summed E-state index contributed by atoms with van der Waals surface area (Å²) in [5.74, 6) is 0.684. The van der Waals surface area contributed by atoms with Crippen molar-refractivity contribution in [3.8, 4) is 56.4 Å². The lowest BCUT2D eigenvalue weighted by molar-refractivity contribution is 1.10. The molecule has 57 heavy (non-hydrogen) atoms. The van der Waals surface area contributed by atoms with E-state index in [1.54, 1.807) is 0 Å². The van der Waals surface area contributed by atoms with Gasteiger partial charge in [0.05, 0.1) is 39.3 Å². The van der Waals surface area contributed by atoms with Crippen LogP contribution in [0.25, 0.3) is 95.2 Å². The van der Waals surface area contributed by atoms with E-state index in [0.717, 1.165) is 67.3 Å². The van der Waals surface area contributed by atoms with E-state index in [0.29, 0.717) is 5.82 Å². The summed E-state index contributed by atoms with van der Waals surface area (Å²) in [7, 11) is 0. The molecule has 0 fully saturated rings. The zero-order valence-corrected chi connectivity index (χ0v) is 31.4. The zero-order chi connectivity index (χ0) is 38.3. The highest BCUT2D eigenvalue weighted by atomic mass is 15.0. The van der Waals surface area contributed by atoms with Crippen molar-refractivity contribution < 1.29 is 0 Å². The lowest BCUT2D eigenvalue weighted by atomic mass is 9.98. The summed E-state index contributed by atoms with van der Waals surface area (Å²) in [5.41, 5.74) is 14.3. The number of rotatable bonds is 8. The quantitative estimate of drug-likeness (QED) is 0.146. The Kier molecular flexibility index (Phi) is 8.46. The number of allylic oxidation sites excluding steroid dienone is 1. The normalized spacial score (nSPS) is 11.6. The van der Waals surface area contributed by atoms with Crippen LogP contribution in [-0.4, -0.2) is 25.8 Å². The average Bonchev–Trinajstić information content (AvgIpc) is 3.79. The fourth-order valence-corrected chi connectivity index (χ4v) is 8.20. The van der Waals surface area contributed by atoms with Crippen LogP contribution in [0.4, 0.5) is 5.69 Å². The smallest absolute Gasteiger partial charge is 0.160 e. The number of aliphatic imine (C=N–C) groups is 1. The van der Waals surface area contributed by atoms with Gasteiger partial charge in [-0.1, -0.05) is 133 Å². The van der Waals surface area contributed by atoms with Gasteiger partial charge >= 0.3 is 0 Å². The van der Waals surface area contributed by atoms with Crippen LogP contribution in [0.2, 0.25) is 0 Å². The lowest BCUT2D eigenvalue weighted by Gasteiger charge is -2.13. The summed E-state index contributed by atoms with van der Waals surface area (Å²) in [4.78, 5) is 14.8. The van der Waals surface area contributed by atoms with Gasteiger partial charge in [0, 0.05) is 44.2 Å². The summed E-state index contributed by atoms with van der Waals surface area (Å²) in [6.45, 7) is 6.08. The van der Waals surface area contributed by atoms with Crippen LogP contribution in [0.3, 0.4) is 0 Å². The van der Waals surface area contributed by atoms with Crippen molar-refractivity contribution >= 4 is 51.2 Å². The molecule has 0 bridgehead atoms. The first-order chi connectivity index (χ1) is 28.2. The molecule has 10 rings (SSSR count). The van der Waals surface area contributed by atoms with Crippen LogP contribution in [0.15, 0.2) is 193 Å². The van der Waals surface area contributed by atoms with E-state index in [9.17, 15) is 0 Å². The van der Waals surface area contributed by atoms with E-state index in [1.807, 2.05) is 43.3 Å². The lowest BCUT2D eigenvalue weighted by Crippen LogP contribution is -1.99. The second-order valence-corrected chi connectivity index (χ2v) is 14.1. The van der Waals surface area contributed by atoms with Crippen molar-refractivity contribution in [1.82, 2.24) is 19.1 Å². The van der Waals surface area contributed by atoms with Gasteiger partial charge in [-0.15, -0.1) is 0 Å². The topological polar surface area (TPSA) is 48.0 Å². The fraction of sp³-hybridized carbons (Fsp3) is 0.0192. The highest BCUT2D eigenvalue weighted by Crippen LogP contribution is 2.43. The number of hydrogen-bond donors (Lipinski definition) is 0. The predicted octanol–water partition coefficient (Wildman–Crippen LogP) is 13.6. The Labute approximate surface area is 331 Å². The van der Waals surface area contributed by atoms with E-state index in [2.05, 4.69) is 179 Å². The minimum atomic E-state index is 0.684. The maximum Gasteiger partial charge on any atom is 0.160 e. The summed E-state index contributed by atoms with van der Waals surface area (Å²) in [5, 5.41) is 3.47. The van der Waals surface area contributed by atoms with E-state index in [-0.39, 0.29) is 0 Å². The van der Waals surface area contributed by atoms with Gasteiger partial charge in [-0.3, -0.25) is 4.99 Å². The predicted molar refractivity (Wildman–Crippen MR) is 239 cm³/mol. The molecule has 0 amide bonds. The van der Waals surface area contributed by atoms with E-state index < -0.39 is 0 Å². The Morgan fingerprint density at radius 3 is 1.88 bits per heavy atom. The van der Waals surface area contributed by atoms with Gasteiger partial charge in [0.1, 0.15) is 0 Å². The minimum Gasteiger partial charge on any atom is -0.309 e. The van der Waals surface area contributed by atoms with Gasteiger partial charge < -0.3 is 9.13 Å². The van der Waals surface area contributed by atoms with Crippen LogP contribution >= 0.6 is 0 Å². The second kappa shape index (κ2) is 14.2. The van der Waals surface area contributed by atoms with Crippen molar-refractivity contribution in [3.05, 3.63) is 194 Å². The van der Waals surface area contributed by atoms with E-state index in [4.69, 9.17) is 9.97 Å². The van der Waals surface area contributed by atoms with Crippen molar-refractivity contribution in [2.45, 2.75) is 6.92 Å². The van der Waals surface area contributed by atoms with Crippen LogP contribution in [0, 0.1) is 0 Å². The fourth-order valence-electron chi connectivity index (χ4n) is 8.20. The molecule has 0 spiro atoms. The maximum atomic E-state index is 5.14. The van der Waals surface area contributed by atoms with E-state index in [1.165, 1.54) is 27.4 Å². The molecule has 0 saturated carbocycles. The summed E-state index contributed by atoms with van der Waals surface area (Å²) in [6.07, 6.45) is 4.18. The van der Waals surface area contributed by atoms with Crippen LogP contribution in [0.1, 0.15) is 12.6 Å². The molecular weight excluding hydrogens is 695 g/mol. The summed E-state index contributed by atoms with van der Waals surface area (Å²) < 4.78 is 4.67. The van der Waals surface area contributed by atoms with Crippen molar-refractivity contribution in [3.63, 3.8) is 0 Å². The Morgan fingerprint density at radius 1 is 0.491 bits per heavy atom. The number of nitrogens with zero attached hydrogens (tertiary/aromatic N) is 5. The molecule has 0 unspecified atom stereocenters. The Bertz CT molecular complexity index is 3080. The number of hydrogen-bond acceptors (Lipinski definition) is 3. The van der Waals surface area contributed by atoms with Gasteiger partial charge in [-0.2, -0.15) is 0 Å². The first kappa shape index (κ1) is 33.9. The molecule has 5 heteroatoms. The Balaban J connectivity index is 1.18. The van der Waals surface area contributed by atoms with Crippen LogP contribution < -0.4 is 0 Å². The molecular formula is C52H37N5. The molecule has 3 aromatic heterocycles. The molecule has 0 aliphatic rings. The third-order valence-electron chi connectivity index (χ3n) is 10.7.